The first-order valence-corrected chi connectivity index (χ1v) is 9.29. The van der Waals surface area contributed by atoms with Gasteiger partial charge in [0.15, 0.2) is 0 Å². The Bertz CT molecular complexity index is 422. The zero-order chi connectivity index (χ0) is 14.2. The van der Waals surface area contributed by atoms with Gasteiger partial charge in [0.1, 0.15) is 0 Å². The van der Waals surface area contributed by atoms with E-state index in [0.29, 0.717) is 19.4 Å². The van der Waals surface area contributed by atoms with Crippen molar-refractivity contribution in [2.45, 2.75) is 43.9 Å². The normalized spacial score (nSPS) is 36.4. The van der Waals surface area contributed by atoms with Crippen molar-refractivity contribution in [1.82, 2.24) is 14.5 Å². The Labute approximate surface area is 121 Å². The molecule has 0 aromatic heterocycles. The lowest BCUT2D eigenvalue weighted by atomic mass is 10.0. The van der Waals surface area contributed by atoms with Gasteiger partial charge in [-0.1, -0.05) is 0 Å². The molecule has 2 N–H and O–H groups in total. The van der Waals surface area contributed by atoms with E-state index in [4.69, 9.17) is 0 Å². The summed E-state index contributed by atoms with van der Waals surface area (Å²) in [6.07, 6.45) is 2.74. The van der Waals surface area contributed by atoms with E-state index in [9.17, 15) is 13.5 Å². The van der Waals surface area contributed by atoms with Crippen LogP contribution in [-0.2, 0) is 10.0 Å². The monoisotopic (exact) mass is 303 g/mol. The standard InChI is InChI=1S/C13H25N3O3S/c17-13-9-11-1-2-12(10-13)16(11)20(18,19)8-7-15-5-3-14-4-6-15/h11-14,17H,1-10H2. The molecule has 0 aromatic carbocycles. The summed E-state index contributed by atoms with van der Waals surface area (Å²) in [7, 11) is -3.18. The molecule has 2 atom stereocenters. The van der Waals surface area contributed by atoms with Crippen molar-refractivity contribution < 1.29 is 13.5 Å². The topological polar surface area (TPSA) is 72.9 Å². The van der Waals surface area contributed by atoms with Gasteiger partial charge in [-0.15, -0.1) is 0 Å². The van der Waals surface area contributed by atoms with E-state index in [2.05, 4.69) is 10.2 Å². The molecule has 0 aliphatic carbocycles. The minimum absolute atomic E-state index is 0.0387. The maximum Gasteiger partial charge on any atom is 0.215 e. The van der Waals surface area contributed by atoms with Crippen LogP contribution in [0, 0.1) is 0 Å². The van der Waals surface area contributed by atoms with Crippen molar-refractivity contribution in [1.29, 1.82) is 0 Å². The number of hydrogen-bond donors (Lipinski definition) is 2. The van der Waals surface area contributed by atoms with Gasteiger partial charge in [0.2, 0.25) is 10.0 Å². The van der Waals surface area contributed by atoms with E-state index in [1.165, 1.54) is 0 Å². The highest BCUT2D eigenvalue weighted by atomic mass is 32.2. The second-order valence-corrected chi connectivity index (χ2v) is 8.24. The van der Waals surface area contributed by atoms with Crippen LogP contribution in [0.15, 0.2) is 0 Å². The van der Waals surface area contributed by atoms with Gasteiger partial charge >= 0.3 is 0 Å². The van der Waals surface area contributed by atoms with Crippen LogP contribution >= 0.6 is 0 Å². The number of nitrogens with one attached hydrogen (secondary N) is 1. The Kier molecular flexibility index (Phi) is 4.33. The van der Waals surface area contributed by atoms with Crippen molar-refractivity contribution >= 4 is 10.0 Å². The summed E-state index contributed by atoms with van der Waals surface area (Å²) in [6.45, 7) is 4.38. The summed E-state index contributed by atoms with van der Waals surface area (Å²) in [4.78, 5) is 2.22. The van der Waals surface area contributed by atoms with E-state index >= 15 is 0 Å². The molecule has 20 heavy (non-hydrogen) atoms. The third kappa shape index (κ3) is 3.01. The molecule has 3 fully saturated rings. The molecule has 3 heterocycles. The van der Waals surface area contributed by atoms with Crippen molar-refractivity contribution in [2.75, 3.05) is 38.5 Å². The molecule has 7 heteroatoms. The number of piperazine rings is 1. The molecule has 2 bridgehead atoms. The summed E-state index contributed by atoms with van der Waals surface area (Å²) < 4.78 is 26.9. The van der Waals surface area contributed by atoms with Gasteiger partial charge in [-0.3, -0.25) is 4.90 Å². The second-order valence-electron chi connectivity index (χ2n) is 6.25. The summed E-state index contributed by atoms with van der Waals surface area (Å²) in [5.74, 6) is 0.218. The van der Waals surface area contributed by atoms with Crippen LogP contribution < -0.4 is 5.32 Å². The molecule has 2 unspecified atom stereocenters. The molecule has 3 aliphatic heterocycles. The lowest BCUT2D eigenvalue weighted by Gasteiger charge is -2.36. The number of sulfonamides is 1. The number of aliphatic hydroxyl groups is 1. The molecular weight excluding hydrogens is 278 g/mol. The van der Waals surface area contributed by atoms with Crippen molar-refractivity contribution in [2.24, 2.45) is 0 Å². The Balaban J connectivity index is 1.60. The lowest BCUT2D eigenvalue weighted by molar-refractivity contribution is 0.0767. The predicted molar refractivity (Wildman–Crippen MR) is 77.0 cm³/mol. The minimum Gasteiger partial charge on any atom is -0.393 e. The fraction of sp³-hybridized carbons (Fsp3) is 1.00. The molecule has 3 saturated heterocycles. The molecule has 0 amide bonds. The molecule has 3 rings (SSSR count). The highest BCUT2D eigenvalue weighted by molar-refractivity contribution is 7.89. The quantitative estimate of drug-likeness (QED) is 0.712. The third-order valence-corrected chi connectivity index (χ3v) is 6.77. The van der Waals surface area contributed by atoms with Gasteiger partial charge in [-0.25, -0.2) is 8.42 Å². The van der Waals surface area contributed by atoms with Gasteiger partial charge < -0.3 is 10.4 Å². The predicted octanol–water partition coefficient (Wildman–Crippen LogP) is -0.791. The van der Waals surface area contributed by atoms with E-state index in [0.717, 1.165) is 39.0 Å². The highest BCUT2D eigenvalue weighted by Gasteiger charge is 2.46. The molecule has 6 nitrogen and oxygen atoms in total. The number of piperidine rings is 1. The maximum atomic E-state index is 12.6. The first kappa shape index (κ1) is 14.7. The fourth-order valence-corrected chi connectivity index (χ4v) is 5.84. The molecular formula is C13H25N3O3S. The molecule has 0 spiro atoms. The Morgan fingerprint density at radius 3 is 2.30 bits per heavy atom. The van der Waals surface area contributed by atoms with Crippen LogP contribution in [0.2, 0.25) is 0 Å². The minimum atomic E-state index is -3.18. The van der Waals surface area contributed by atoms with Crippen molar-refractivity contribution in [3.8, 4) is 0 Å². The van der Waals surface area contributed by atoms with Crippen LogP contribution in [0.1, 0.15) is 25.7 Å². The smallest absolute Gasteiger partial charge is 0.215 e. The number of fused-ring (bicyclic) bond motifs is 2. The van der Waals surface area contributed by atoms with Crippen LogP contribution in [0.5, 0.6) is 0 Å². The Morgan fingerprint density at radius 1 is 1.10 bits per heavy atom. The van der Waals surface area contributed by atoms with Gasteiger partial charge in [0, 0.05) is 44.8 Å². The third-order valence-electron chi connectivity index (χ3n) is 4.84. The highest BCUT2D eigenvalue weighted by Crippen LogP contribution is 2.37. The van der Waals surface area contributed by atoms with E-state index < -0.39 is 10.0 Å². The SMILES string of the molecule is O=S(=O)(CCN1CCNCC1)N1C2CCC1CC(O)C2. The average molecular weight is 303 g/mol. The average Bonchev–Trinajstić information content (AvgIpc) is 2.72. The van der Waals surface area contributed by atoms with Crippen LogP contribution in [0.25, 0.3) is 0 Å². The first-order valence-electron chi connectivity index (χ1n) is 7.68. The lowest BCUT2D eigenvalue weighted by Crippen LogP contribution is -2.51. The van der Waals surface area contributed by atoms with Gasteiger partial charge in [0.05, 0.1) is 11.9 Å². The van der Waals surface area contributed by atoms with Crippen LogP contribution in [0.3, 0.4) is 0 Å². The van der Waals surface area contributed by atoms with Gasteiger partial charge in [0.25, 0.3) is 0 Å². The molecule has 3 aliphatic rings. The molecule has 0 radical (unpaired) electrons. The van der Waals surface area contributed by atoms with Crippen LogP contribution in [-0.4, -0.2) is 79.4 Å². The van der Waals surface area contributed by atoms with Crippen LogP contribution in [0.4, 0.5) is 0 Å². The molecule has 0 saturated carbocycles. The molecule has 116 valence electrons. The number of hydrogen-bond acceptors (Lipinski definition) is 5. The van der Waals surface area contributed by atoms with E-state index in [-0.39, 0.29) is 23.9 Å². The van der Waals surface area contributed by atoms with Crippen molar-refractivity contribution in [3.05, 3.63) is 0 Å². The summed E-state index contributed by atoms with van der Waals surface area (Å²) in [5, 5.41) is 13.0. The zero-order valence-corrected chi connectivity index (χ0v) is 12.7. The number of aliphatic hydroxyl groups excluding tert-OH is 1. The summed E-state index contributed by atoms with van der Waals surface area (Å²) in [6, 6.07) is 0.0774. The Morgan fingerprint density at radius 2 is 1.70 bits per heavy atom. The summed E-state index contributed by atoms with van der Waals surface area (Å²) in [5.41, 5.74) is 0. The number of nitrogens with zero attached hydrogens (tertiary/aromatic N) is 2. The Hall–Kier alpha value is -0.210. The van der Waals surface area contributed by atoms with Crippen molar-refractivity contribution in [3.63, 3.8) is 0 Å². The first-order chi connectivity index (χ1) is 9.56. The fourth-order valence-electron chi connectivity index (χ4n) is 3.84. The maximum absolute atomic E-state index is 12.6. The van der Waals surface area contributed by atoms with E-state index in [1.807, 2.05) is 0 Å². The second kappa shape index (κ2) is 5.88. The largest absolute Gasteiger partial charge is 0.393 e. The molecule has 0 aromatic rings. The zero-order valence-electron chi connectivity index (χ0n) is 11.9. The van der Waals surface area contributed by atoms with Gasteiger partial charge in [-0.05, 0) is 25.7 Å². The van der Waals surface area contributed by atoms with E-state index in [1.54, 1.807) is 4.31 Å². The van der Waals surface area contributed by atoms with Gasteiger partial charge in [-0.2, -0.15) is 4.31 Å². The summed E-state index contributed by atoms with van der Waals surface area (Å²) >= 11 is 0. The number of rotatable bonds is 4.